The molecule has 1 aromatic heterocycles. The highest BCUT2D eigenvalue weighted by Gasteiger charge is 2.18. The van der Waals surface area contributed by atoms with Gasteiger partial charge in [0.15, 0.2) is 0 Å². The quantitative estimate of drug-likeness (QED) is 0.739. The molecule has 1 aromatic rings. The van der Waals surface area contributed by atoms with E-state index in [1.54, 1.807) is 0 Å². The van der Waals surface area contributed by atoms with Crippen LogP contribution in [0.1, 0.15) is 12.2 Å². The maximum absolute atomic E-state index is 5.61. The lowest BCUT2D eigenvalue weighted by atomic mass is 10.2. The molecule has 5 nitrogen and oxygen atoms in total. The van der Waals surface area contributed by atoms with Gasteiger partial charge in [-0.3, -0.25) is 0 Å². The minimum absolute atomic E-state index is 0.280. The summed E-state index contributed by atoms with van der Waals surface area (Å²) in [6.07, 6.45) is 1.82. The minimum Gasteiger partial charge on any atom is -0.368 e. The summed E-state index contributed by atoms with van der Waals surface area (Å²) in [5, 5.41) is 0. The van der Waals surface area contributed by atoms with Crippen LogP contribution in [0.3, 0.4) is 0 Å². The van der Waals surface area contributed by atoms with Crippen molar-refractivity contribution in [3.63, 3.8) is 0 Å². The average molecular weight is 214 g/mol. The molecule has 0 spiro atoms. The molecular weight excluding hydrogens is 202 g/mol. The summed E-state index contributed by atoms with van der Waals surface area (Å²) in [5.41, 5.74) is 5.57. The van der Waals surface area contributed by atoms with Crippen LogP contribution in [0.5, 0.6) is 0 Å². The molecule has 76 valence electrons. The predicted octanol–water partition coefficient (Wildman–Crippen LogP) is 0.445. The van der Waals surface area contributed by atoms with Crippen molar-refractivity contribution in [3.8, 4) is 0 Å². The van der Waals surface area contributed by atoms with E-state index in [-0.39, 0.29) is 5.95 Å². The molecule has 14 heavy (non-hydrogen) atoms. The summed E-state index contributed by atoms with van der Waals surface area (Å²) in [7, 11) is 0. The van der Waals surface area contributed by atoms with Gasteiger partial charge < -0.3 is 10.6 Å². The lowest BCUT2D eigenvalue weighted by molar-refractivity contribution is 0.596. The van der Waals surface area contributed by atoms with Gasteiger partial charge in [-0.2, -0.15) is 15.0 Å². The fraction of sp³-hybridized carbons (Fsp3) is 0.625. The second-order valence-corrected chi connectivity index (χ2v) is 3.57. The van der Waals surface area contributed by atoms with Crippen molar-refractivity contribution < 1.29 is 0 Å². The molecule has 1 saturated heterocycles. The number of aryl methyl sites for hydroxylation is 1. The molecule has 0 unspecified atom stereocenters. The van der Waals surface area contributed by atoms with E-state index in [4.69, 9.17) is 17.3 Å². The lowest BCUT2D eigenvalue weighted by Gasteiger charge is -2.30. The van der Waals surface area contributed by atoms with E-state index >= 15 is 0 Å². The van der Waals surface area contributed by atoms with Gasteiger partial charge in [0.1, 0.15) is 5.82 Å². The first kappa shape index (κ1) is 9.45. The average Bonchev–Trinajstić information content (AvgIpc) is 1.99. The van der Waals surface area contributed by atoms with Crippen molar-refractivity contribution >= 4 is 23.5 Å². The van der Waals surface area contributed by atoms with Gasteiger partial charge >= 0.3 is 0 Å². The zero-order chi connectivity index (χ0) is 9.97. The Morgan fingerprint density at radius 1 is 1.29 bits per heavy atom. The SMILES string of the molecule is Nc1nc(CCCl)nc(N2CCC2)n1. The molecule has 2 N–H and O–H groups in total. The normalized spacial score (nSPS) is 15.4. The predicted molar refractivity (Wildman–Crippen MR) is 55.5 cm³/mol. The molecule has 0 aliphatic carbocycles. The van der Waals surface area contributed by atoms with E-state index < -0.39 is 0 Å². The molecule has 0 bridgehead atoms. The third kappa shape index (κ3) is 1.87. The molecule has 2 rings (SSSR count). The molecular formula is C8H12ClN5. The van der Waals surface area contributed by atoms with Crippen LogP contribution in [0.15, 0.2) is 0 Å². The maximum atomic E-state index is 5.61. The summed E-state index contributed by atoms with van der Waals surface area (Å²) in [6.45, 7) is 2.01. The van der Waals surface area contributed by atoms with E-state index in [0.717, 1.165) is 13.1 Å². The first-order chi connectivity index (χ1) is 6.79. The maximum Gasteiger partial charge on any atom is 0.230 e. The van der Waals surface area contributed by atoms with Crippen LogP contribution < -0.4 is 10.6 Å². The smallest absolute Gasteiger partial charge is 0.230 e. The van der Waals surface area contributed by atoms with Gasteiger partial charge in [0.25, 0.3) is 0 Å². The third-order valence-corrected chi connectivity index (χ3v) is 2.33. The van der Waals surface area contributed by atoms with Gasteiger partial charge in [-0.1, -0.05) is 0 Å². The first-order valence-electron chi connectivity index (χ1n) is 4.61. The lowest BCUT2D eigenvalue weighted by Crippen LogP contribution is -2.38. The number of nitrogen functional groups attached to an aromatic ring is 1. The number of alkyl halides is 1. The molecule has 2 heterocycles. The zero-order valence-electron chi connectivity index (χ0n) is 7.78. The molecule has 0 atom stereocenters. The van der Waals surface area contributed by atoms with Gasteiger partial charge in [0.2, 0.25) is 11.9 Å². The van der Waals surface area contributed by atoms with Gasteiger partial charge in [0, 0.05) is 25.4 Å². The van der Waals surface area contributed by atoms with Crippen molar-refractivity contribution in [1.29, 1.82) is 0 Å². The fourth-order valence-corrected chi connectivity index (χ4v) is 1.45. The van der Waals surface area contributed by atoms with Crippen LogP contribution in [0.25, 0.3) is 0 Å². The van der Waals surface area contributed by atoms with Crippen LogP contribution in [-0.4, -0.2) is 33.9 Å². The van der Waals surface area contributed by atoms with Crippen molar-refractivity contribution in [1.82, 2.24) is 15.0 Å². The highest BCUT2D eigenvalue weighted by atomic mass is 35.5. The Kier molecular flexibility index (Phi) is 2.67. The van der Waals surface area contributed by atoms with Crippen LogP contribution in [0.4, 0.5) is 11.9 Å². The van der Waals surface area contributed by atoms with E-state index in [1.165, 1.54) is 6.42 Å². The number of anilines is 2. The van der Waals surface area contributed by atoms with Gasteiger partial charge in [-0.05, 0) is 6.42 Å². The second kappa shape index (κ2) is 3.96. The van der Waals surface area contributed by atoms with E-state index in [9.17, 15) is 0 Å². The summed E-state index contributed by atoms with van der Waals surface area (Å²) in [6, 6.07) is 0. The number of nitrogens with two attached hydrogens (primary N) is 1. The molecule has 0 saturated carbocycles. The van der Waals surface area contributed by atoms with Gasteiger partial charge in [-0.25, -0.2) is 0 Å². The Morgan fingerprint density at radius 2 is 2.07 bits per heavy atom. The topological polar surface area (TPSA) is 67.9 Å². The largest absolute Gasteiger partial charge is 0.368 e. The number of rotatable bonds is 3. The molecule has 1 aliphatic rings. The minimum atomic E-state index is 0.280. The van der Waals surface area contributed by atoms with Crippen molar-refractivity contribution in [3.05, 3.63) is 5.82 Å². The second-order valence-electron chi connectivity index (χ2n) is 3.19. The number of aromatic nitrogens is 3. The Bertz CT molecular complexity index is 326. The highest BCUT2D eigenvalue weighted by molar-refractivity contribution is 6.17. The van der Waals surface area contributed by atoms with Crippen LogP contribution in [-0.2, 0) is 6.42 Å². The highest BCUT2D eigenvalue weighted by Crippen LogP contribution is 2.16. The number of hydrogen-bond acceptors (Lipinski definition) is 5. The standard InChI is InChI=1S/C8H12ClN5/c9-3-2-6-11-7(10)13-8(12-6)14-4-1-5-14/h1-5H2,(H2,10,11,12,13). The van der Waals surface area contributed by atoms with E-state index in [2.05, 4.69) is 19.9 Å². The number of halogens is 1. The Morgan fingerprint density at radius 3 is 2.64 bits per heavy atom. The van der Waals surface area contributed by atoms with Crippen molar-refractivity contribution in [2.75, 3.05) is 29.6 Å². The third-order valence-electron chi connectivity index (χ3n) is 2.14. The van der Waals surface area contributed by atoms with Crippen molar-refractivity contribution in [2.24, 2.45) is 0 Å². The van der Waals surface area contributed by atoms with Gasteiger partial charge in [-0.15, -0.1) is 11.6 Å². The Balaban J connectivity index is 2.21. The van der Waals surface area contributed by atoms with Crippen molar-refractivity contribution in [2.45, 2.75) is 12.8 Å². The van der Waals surface area contributed by atoms with Gasteiger partial charge in [0.05, 0.1) is 0 Å². The summed E-state index contributed by atoms with van der Waals surface area (Å²) in [5.74, 6) is 2.14. The summed E-state index contributed by atoms with van der Waals surface area (Å²) >= 11 is 5.61. The molecule has 1 fully saturated rings. The number of nitrogens with zero attached hydrogens (tertiary/aromatic N) is 4. The molecule has 1 aliphatic heterocycles. The summed E-state index contributed by atoms with van der Waals surface area (Å²) < 4.78 is 0. The van der Waals surface area contributed by atoms with Crippen LogP contribution >= 0.6 is 11.6 Å². The fourth-order valence-electron chi connectivity index (χ4n) is 1.28. The van der Waals surface area contributed by atoms with Crippen LogP contribution in [0.2, 0.25) is 0 Å². The molecule has 0 radical (unpaired) electrons. The molecule has 0 aromatic carbocycles. The molecule has 6 heteroatoms. The van der Waals surface area contributed by atoms with E-state index in [1.807, 2.05) is 0 Å². The van der Waals surface area contributed by atoms with E-state index in [0.29, 0.717) is 24.1 Å². The Hall–Kier alpha value is -1.10. The number of hydrogen-bond donors (Lipinski definition) is 1. The Labute approximate surface area is 87.3 Å². The first-order valence-corrected chi connectivity index (χ1v) is 5.14. The zero-order valence-corrected chi connectivity index (χ0v) is 8.54. The monoisotopic (exact) mass is 213 g/mol. The molecule has 0 amide bonds. The van der Waals surface area contributed by atoms with Crippen LogP contribution in [0, 0.1) is 0 Å². The summed E-state index contributed by atoms with van der Waals surface area (Å²) in [4.78, 5) is 14.4.